The molecule has 1 fully saturated rings. The molecule has 2 rings (SSSR count). The van der Waals surface area contributed by atoms with Crippen LogP contribution in [0.15, 0.2) is 24.3 Å². The van der Waals surface area contributed by atoms with Gasteiger partial charge in [-0.25, -0.2) is 0 Å². The van der Waals surface area contributed by atoms with Gasteiger partial charge in [0.2, 0.25) is 5.91 Å². The van der Waals surface area contributed by atoms with Gasteiger partial charge < -0.3 is 15.0 Å². The summed E-state index contributed by atoms with van der Waals surface area (Å²) in [6, 6.07) is 7.06. The van der Waals surface area contributed by atoms with Crippen molar-refractivity contribution >= 4 is 17.5 Å². The van der Waals surface area contributed by atoms with Crippen molar-refractivity contribution < 1.29 is 14.3 Å². The number of nitrogens with zero attached hydrogens (tertiary/aromatic N) is 1. The predicted octanol–water partition coefficient (Wildman–Crippen LogP) is 1.75. The van der Waals surface area contributed by atoms with Gasteiger partial charge in [-0.2, -0.15) is 0 Å². The number of carbonyl (C=O) groups excluding carboxylic acids is 2. The molecule has 2 amide bonds. The molecular weight excluding hydrogens is 256 g/mol. The molecule has 0 radical (unpaired) electrons. The predicted molar refractivity (Wildman–Crippen MR) is 76.6 cm³/mol. The van der Waals surface area contributed by atoms with E-state index in [2.05, 4.69) is 5.32 Å². The minimum absolute atomic E-state index is 0.0195. The van der Waals surface area contributed by atoms with Crippen molar-refractivity contribution in [1.29, 1.82) is 0 Å². The number of benzene rings is 1. The Kier molecular flexibility index (Phi) is 4.74. The summed E-state index contributed by atoms with van der Waals surface area (Å²) in [6.07, 6.45) is 0. The van der Waals surface area contributed by atoms with Crippen LogP contribution >= 0.6 is 0 Å². The molecule has 0 bridgehead atoms. The van der Waals surface area contributed by atoms with Crippen molar-refractivity contribution in [3.8, 4) is 0 Å². The molecule has 108 valence electrons. The maximum Gasteiger partial charge on any atom is 0.254 e. The number of nitrogens with one attached hydrogen (secondary N) is 1. The summed E-state index contributed by atoms with van der Waals surface area (Å²) in [5, 5.41) is 2.81. The lowest BCUT2D eigenvalue weighted by Crippen LogP contribution is -2.40. The fourth-order valence-electron chi connectivity index (χ4n) is 1.97. The van der Waals surface area contributed by atoms with Gasteiger partial charge in [-0.1, -0.05) is 19.9 Å². The van der Waals surface area contributed by atoms with Gasteiger partial charge in [0, 0.05) is 30.3 Å². The minimum atomic E-state index is -0.0893. The first-order valence-corrected chi connectivity index (χ1v) is 6.86. The highest BCUT2D eigenvalue weighted by Gasteiger charge is 2.18. The van der Waals surface area contributed by atoms with E-state index in [-0.39, 0.29) is 17.7 Å². The number of ether oxygens (including phenoxy) is 1. The van der Waals surface area contributed by atoms with E-state index in [0.717, 1.165) is 0 Å². The Hall–Kier alpha value is -1.88. The molecule has 1 saturated heterocycles. The molecule has 0 aliphatic carbocycles. The second-order valence-corrected chi connectivity index (χ2v) is 5.13. The fourth-order valence-corrected chi connectivity index (χ4v) is 1.97. The normalized spacial score (nSPS) is 15.2. The average Bonchev–Trinajstić information content (AvgIpc) is 2.47. The molecule has 1 heterocycles. The SMILES string of the molecule is CC(C)C(=O)Nc1cccc(C(=O)N2CCOCC2)c1. The van der Waals surface area contributed by atoms with E-state index in [1.807, 2.05) is 13.8 Å². The molecule has 1 N–H and O–H groups in total. The lowest BCUT2D eigenvalue weighted by atomic mass is 10.1. The molecule has 1 aliphatic heterocycles. The van der Waals surface area contributed by atoms with Crippen molar-refractivity contribution in [3.05, 3.63) is 29.8 Å². The number of anilines is 1. The van der Waals surface area contributed by atoms with Crippen LogP contribution < -0.4 is 5.32 Å². The largest absolute Gasteiger partial charge is 0.378 e. The van der Waals surface area contributed by atoms with Crippen LogP contribution in [0, 0.1) is 5.92 Å². The molecule has 0 aromatic heterocycles. The average molecular weight is 276 g/mol. The van der Waals surface area contributed by atoms with Crippen LogP contribution in [0.1, 0.15) is 24.2 Å². The maximum absolute atomic E-state index is 12.3. The molecule has 1 aromatic carbocycles. The van der Waals surface area contributed by atoms with E-state index in [0.29, 0.717) is 37.6 Å². The highest BCUT2D eigenvalue weighted by atomic mass is 16.5. The Labute approximate surface area is 118 Å². The Morgan fingerprint density at radius 2 is 1.95 bits per heavy atom. The second kappa shape index (κ2) is 6.52. The van der Waals surface area contributed by atoms with Crippen molar-refractivity contribution in [2.75, 3.05) is 31.6 Å². The van der Waals surface area contributed by atoms with Gasteiger partial charge in [0.15, 0.2) is 0 Å². The molecule has 1 aliphatic rings. The van der Waals surface area contributed by atoms with Crippen LogP contribution in [0.5, 0.6) is 0 Å². The van der Waals surface area contributed by atoms with Crippen LogP contribution in [-0.2, 0) is 9.53 Å². The lowest BCUT2D eigenvalue weighted by Gasteiger charge is -2.27. The van der Waals surface area contributed by atoms with Crippen LogP contribution in [0.4, 0.5) is 5.69 Å². The van der Waals surface area contributed by atoms with E-state index in [1.54, 1.807) is 29.2 Å². The van der Waals surface area contributed by atoms with Gasteiger partial charge in [-0.3, -0.25) is 9.59 Å². The van der Waals surface area contributed by atoms with Crippen molar-refractivity contribution in [2.45, 2.75) is 13.8 Å². The van der Waals surface area contributed by atoms with Crippen LogP contribution in [0.2, 0.25) is 0 Å². The van der Waals surface area contributed by atoms with Crippen LogP contribution in [-0.4, -0.2) is 43.0 Å². The van der Waals surface area contributed by atoms with Crippen molar-refractivity contribution in [1.82, 2.24) is 4.90 Å². The summed E-state index contributed by atoms with van der Waals surface area (Å²) in [5.74, 6) is -0.163. The van der Waals surface area contributed by atoms with Gasteiger partial charge in [-0.05, 0) is 18.2 Å². The van der Waals surface area contributed by atoms with Crippen molar-refractivity contribution in [2.24, 2.45) is 5.92 Å². The summed E-state index contributed by atoms with van der Waals surface area (Å²) in [4.78, 5) is 25.8. The van der Waals surface area contributed by atoms with Gasteiger partial charge in [0.05, 0.1) is 13.2 Å². The molecule has 20 heavy (non-hydrogen) atoms. The topological polar surface area (TPSA) is 58.6 Å². The van der Waals surface area contributed by atoms with Gasteiger partial charge in [-0.15, -0.1) is 0 Å². The van der Waals surface area contributed by atoms with Gasteiger partial charge in [0.1, 0.15) is 0 Å². The first-order valence-electron chi connectivity index (χ1n) is 6.86. The van der Waals surface area contributed by atoms with Crippen molar-refractivity contribution in [3.63, 3.8) is 0 Å². The number of hydrogen-bond donors (Lipinski definition) is 1. The smallest absolute Gasteiger partial charge is 0.254 e. The zero-order chi connectivity index (χ0) is 14.5. The quantitative estimate of drug-likeness (QED) is 0.915. The zero-order valence-electron chi connectivity index (χ0n) is 11.9. The minimum Gasteiger partial charge on any atom is -0.378 e. The summed E-state index contributed by atoms with van der Waals surface area (Å²) < 4.78 is 5.24. The summed E-state index contributed by atoms with van der Waals surface area (Å²) in [5.41, 5.74) is 1.25. The summed E-state index contributed by atoms with van der Waals surface area (Å²) in [6.45, 7) is 6.05. The monoisotopic (exact) mass is 276 g/mol. The molecule has 5 heteroatoms. The van der Waals surface area contributed by atoms with E-state index < -0.39 is 0 Å². The van der Waals surface area contributed by atoms with E-state index in [9.17, 15) is 9.59 Å². The summed E-state index contributed by atoms with van der Waals surface area (Å²) in [7, 11) is 0. The third-order valence-electron chi connectivity index (χ3n) is 3.20. The zero-order valence-corrected chi connectivity index (χ0v) is 11.9. The first kappa shape index (κ1) is 14.5. The molecule has 5 nitrogen and oxygen atoms in total. The van der Waals surface area contributed by atoms with Gasteiger partial charge in [0.25, 0.3) is 5.91 Å². The number of rotatable bonds is 3. The Morgan fingerprint density at radius 1 is 1.25 bits per heavy atom. The summed E-state index contributed by atoms with van der Waals surface area (Å²) >= 11 is 0. The molecular formula is C15H20N2O3. The van der Waals surface area contributed by atoms with Gasteiger partial charge >= 0.3 is 0 Å². The molecule has 0 unspecified atom stereocenters. The maximum atomic E-state index is 12.3. The first-order chi connectivity index (χ1) is 9.58. The number of amides is 2. The highest BCUT2D eigenvalue weighted by molar-refractivity contribution is 5.97. The molecule has 0 spiro atoms. The Morgan fingerprint density at radius 3 is 2.60 bits per heavy atom. The number of carbonyl (C=O) groups is 2. The lowest BCUT2D eigenvalue weighted by molar-refractivity contribution is -0.118. The number of morpholine rings is 1. The Balaban J connectivity index is 2.08. The third kappa shape index (κ3) is 3.57. The van der Waals surface area contributed by atoms with E-state index in [4.69, 9.17) is 4.74 Å². The van der Waals surface area contributed by atoms with Crippen LogP contribution in [0.3, 0.4) is 0 Å². The van der Waals surface area contributed by atoms with E-state index >= 15 is 0 Å². The second-order valence-electron chi connectivity index (χ2n) is 5.13. The highest BCUT2D eigenvalue weighted by Crippen LogP contribution is 2.14. The fraction of sp³-hybridized carbons (Fsp3) is 0.467. The van der Waals surface area contributed by atoms with Crippen LogP contribution in [0.25, 0.3) is 0 Å². The third-order valence-corrected chi connectivity index (χ3v) is 3.20. The molecule has 0 saturated carbocycles. The molecule has 1 aromatic rings. The van der Waals surface area contributed by atoms with E-state index in [1.165, 1.54) is 0 Å². The Bertz CT molecular complexity index is 494. The standard InChI is InChI=1S/C15H20N2O3/c1-11(2)14(18)16-13-5-3-4-12(10-13)15(19)17-6-8-20-9-7-17/h3-5,10-11H,6-9H2,1-2H3,(H,16,18). The molecule has 0 atom stereocenters. The number of hydrogen-bond acceptors (Lipinski definition) is 3.